The molecule has 2 heterocycles. The zero-order valence-electron chi connectivity index (χ0n) is 15.7. The number of thioether (sulfide) groups is 1. The fraction of sp³-hybridized carbons (Fsp3) is 0.136. The van der Waals surface area contributed by atoms with Crippen LogP contribution in [0.15, 0.2) is 71.9 Å². The van der Waals surface area contributed by atoms with Crippen molar-refractivity contribution >= 4 is 44.4 Å². The molecule has 4 rings (SSSR count). The zero-order valence-corrected chi connectivity index (χ0v) is 17.3. The monoisotopic (exact) mass is 423 g/mol. The maximum atomic E-state index is 13.2. The number of halogens is 1. The highest BCUT2D eigenvalue weighted by Crippen LogP contribution is 2.34. The van der Waals surface area contributed by atoms with Crippen LogP contribution in [0, 0.1) is 5.82 Å². The first-order chi connectivity index (χ1) is 14.1. The van der Waals surface area contributed by atoms with E-state index in [1.165, 1.54) is 23.5 Å². The van der Waals surface area contributed by atoms with E-state index in [9.17, 15) is 9.18 Å². The lowest BCUT2D eigenvalue weighted by atomic mass is 10.1. The van der Waals surface area contributed by atoms with Gasteiger partial charge >= 0.3 is 0 Å². The number of hydrogen-bond acceptors (Lipinski definition) is 5. The summed E-state index contributed by atoms with van der Waals surface area (Å²) in [6, 6.07) is 15.9. The third-order valence-corrected chi connectivity index (χ3v) is 6.27. The molecule has 0 saturated heterocycles. The molecule has 0 bridgehead atoms. The second kappa shape index (κ2) is 8.71. The van der Waals surface area contributed by atoms with Gasteiger partial charge in [0.05, 0.1) is 23.2 Å². The minimum Gasteiger partial charge on any atom is -0.283 e. The number of carbonyl (C=O) groups excluding carboxylic acids is 1. The van der Waals surface area contributed by atoms with Crippen LogP contribution in [0.2, 0.25) is 0 Å². The van der Waals surface area contributed by atoms with Gasteiger partial charge in [0.25, 0.3) is 0 Å². The summed E-state index contributed by atoms with van der Waals surface area (Å²) in [5.41, 5.74) is 2.59. The molecule has 2 aromatic carbocycles. The van der Waals surface area contributed by atoms with E-state index in [-0.39, 0.29) is 18.1 Å². The van der Waals surface area contributed by atoms with Gasteiger partial charge in [-0.3, -0.25) is 14.7 Å². The van der Waals surface area contributed by atoms with Crippen molar-refractivity contribution in [2.45, 2.75) is 17.9 Å². The molecule has 4 nitrogen and oxygen atoms in total. The first-order valence-corrected chi connectivity index (χ1v) is 11.1. The Morgan fingerprint density at radius 2 is 1.93 bits per heavy atom. The Morgan fingerprint density at radius 1 is 1.10 bits per heavy atom. The first kappa shape index (κ1) is 19.5. The Labute approximate surface area is 176 Å². The highest BCUT2D eigenvalue weighted by Gasteiger charge is 2.21. The molecular formula is C22H18FN3OS2. The van der Waals surface area contributed by atoms with Gasteiger partial charge in [0.1, 0.15) is 5.82 Å². The molecule has 4 aromatic rings. The molecule has 29 heavy (non-hydrogen) atoms. The normalized spacial score (nSPS) is 11.0. The summed E-state index contributed by atoms with van der Waals surface area (Å²) in [5, 5.41) is 0.650. The predicted molar refractivity (Wildman–Crippen MR) is 117 cm³/mol. The number of anilines is 1. The quantitative estimate of drug-likeness (QED) is 0.393. The second-order valence-electron chi connectivity index (χ2n) is 6.45. The van der Waals surface area contributed by atoms with Crippen molar-refractivity contribution in [3.05, 3.63) is 83.9 Å². The summed E-state index contributed by atoms with van der Waals surface area (Å²) in [6.07, 6.45) is 5.64. The number of nitrogens with zero attached hydrogens (tertiary/aromatic N) is 3. The standard InChI is InChI=1S/C22H18FN3OS2/c1-28-18-5-2-6-19-21(18)25-22(29-19)26(14-16-4-3-11-24-13-16)20(27)12-15-7-9-17(23)10-8-15/h2-11,13H,12,14H2,1H3. The molecule has 0 fully saturated rings. The van der Waals surface area contributed by atoms with Crippen molar-refractivity contribution in [2.24, 2.45) is 0 Å². The van der Waals surface area contributed by atoms with E-state index in [1.807, 2.05) is 36.6 Å². The summed E-state index contributed by atoms with van der Waals surface area (Å²) in [5.74, 6) is -0.408. The molecule has 0 aliphatic heterocycles. The number of carbonyl (C=O) groups is 1. The van der Waals surface area contributed by atoms with Crippen LogP contribution in [0.25, 0.3) is 10.2 Å². The van der Waals surface area contributed by atoms with Gasteiger partial charge in [-0.05, 0) is 47.7 Å². The van der Waals surface area contributed by atoms with E-state index in [2.05, 4.69) is 4.98 Å². The number of thiazole rings is 1. The lowest BCUT2D eigenvalue weighted by molar-refractivity contribution is -0.118. The molecule has 0 aliphatic rings. The first-order valence-electron chi connectivity index (χ1n) is 9.01. The van der Waals surface area contributed by atoms with Crippen LogP contribution in [0.4, 0.5) is 9.52 Å². The van der Waals surface area contributed by atoms with Crippen molar-refractivity contribution in [3.8, 4) is 0 Å². The van der Waals surface area contributed by atoms with Crippen molar-refractivity contribution < 1.29 is 9.18 Å². The van der Waals surface area contributed by atoms with E-state index < -0.39 is 0 Å². The molecule has 0 unspecified atom stereocenters. The highest BCUT2D eigenvalue weighted by atomic mass is 32.2. The van der Waals surface area contributed by atoms with Gasteiger partial charge in [-0.1, -0.05) is 35.6 Å². The molecule has 0 aliphatic carbocycles. The molecule has 146 valence electrons. The Morgan fingerprint density at radius 3 is 2.66 bits per heavy atom. The summed E-state index contributed by atoms with van der Waals surface area (Å²) < 4.78 is 14.3. The Bertz CT molecular complexity index is 1130. The van der Waals surface area contributed by atoms with Gasteiger partial charge in [0, 0.05) is 17.3 Å². The van der Waals surface area contributed by atoms with E-state index in [0.717, 1.165) is 26.2 Å². The molecule has 0 saturated carbocycles. The smallest absolute Gasteiger partial charge is 0.233 e. The van der Waals surface area contributed by atoms with Crippen molar-refractivity contribution in [1.29, 1.82) is 0 Å². The molecule has 2 aromatic heterocycles. The van der Waals surface area contributed by atoms with Gasteiger partial charge in [-0.2, -0.15) is 0 Å². The predicted octanol–water partition coefficient (Wildman–Crippen LogP) is 5.33. The third-order valence-electron chi connectivity index (χ3n) is 4.45. The minimum atomic E-state index is -0.316. The Balaban J connectivity index is 1.69. The molecule has 0 N–H and O–H groups in total. The molecule has 0 atom stereocenters. The van der Waals surface area contributed by atoms with Crippen molar-refractivity contribution in [1.82, 2.24) is 9.97 Å². The number of hydrogen-bond donors (Lipinski definition) is 0. The van der Waals surface area contributed by atoms with Gasteiger partial charge in [-0.15, -0.1) is 11.8 Å². The third kappa shape index (κ3) is 4.46. The minimum absolute atomic E-state index is 0.0924. The molecule has 1 amide bonds. The van der Waals surface area contributed by atoms with E-state index >= 15 is 0 Å². The van der Waals surface area contributed by atoms with Crippen LogP contribution in [-0.4, -0.2) is 22.1 Å². The molecule has 0 spiro atoms. The summed E-state index contributed by atoms with van der Waals surface area (Å²) in [4.78, 5) is 24.9. The number of aromatic nitrogens is 2. The van der Waals surface area contributed by atoms with Crippen LogP contribution in [0.5, 0.6) is 0 Å². The lowest BCUT2D eigenvalue weighted by Gasteiger charge is -2.20. The number of amides is 1. The molecule has 0 radical (unpaired) electrons. The SMILES string of the molecule is CSc1cccc2sc(N(Cc3cccnc3)C(=O)Cc3ccc(F)cc3)nc12. The van der Waals surface area contributed by atoms with Crippen LogP contribution in [0.3, 0.4) is 0 Å². The van der Waals surface area contributed by atoms with Gasteiger partial charge in [0.2, 0.25) is 5.91 Å². The van der Waals surface area contributed by atoms with E-state index in [4.69, 9.17) is 4.98 Å². The Kier molecular flexibility index (Phi) is 5.87. The van der Waals surface area contributed by atoms with Gasteiger partial charge in [-0.25, -0.2) is 9.37 Å². The Hall–Kier alpha value is -2.77. The average molecular weight is 424 g/mol. The van der Waals surface area contributed by atoms with E-state index in [1.54, 1.807) is 41.2 Å². The molecular weight excluding hydrogens is 405 g/mol. The largest absolute Gasteiger partial charge is 0.283 e. The highest BCUT2D eigenvalue weighted by molar-refractivity contribution is 7.98. The number of rotatable bonds is 6. The average Bonchev–Trinajstić information content (AvgIpc) is 3.18. The van der Waals surface area contributed by atoms with Crippen LogP contribution in [-0.2, 0) is 17.8 Å². The number of fused-ring (bicyclic) bond motifs is 1. The number of pyridine rings is 1. The topological polar surface area (TPSA) is 46.1 Å². The summed E-state index contributed by atoms with van der Waals surface area (Å²) >= 11 is 3.13. The van der Waals surface area contributed by atoms with Crippen molar-refractivity contribution in [2.75, 3.05) is 11.2 Å². The fourth-order valence-corrected chi connectivity index (χ4v) is 4.64. The van der Waals surface area contributed by atoms with Crippen molar-refractivity contribution in [3.63, 3.8) is 0 Å². The van der Waals surface area contributed by atoms with Crippen LogP contribution < -0.4 is 4.90 Å². The number of benzene rings is 2. The summed E-state index contributed by atoms with van der Waals surface area (Å²) in [6.45, 7) is 0.377. The molecule has 7 heteroatoms. The lowest BCUT2D eigenvalue weighted by Crippen LogP contribution is -2.31. The second-order valence-corrected chi connectivity index (χ2v) is 8.31. The fourth-order valence-electron chi connectivity index (χ4n) is 3.00. The van der Waals surface area contributed by atoms with Crippen LogP contribution >= 0.6 is 23.1 Å². The van der Waals surface area contributed by atoms with Gasteiger partial charge < -0.3 is 0 Å². The zero-order chi connectivity index (χ0) is 20.2. The van der Waals surface area contributed by atoms with Crippen LogP contribution in [0.1, 0.15) is 11.1 Å². The maximum Gasteiger partial charge on any atom is 0.233 e. The summed E-state index contributed by atoms with van der Waals surface area (Å²) in [7, 11) is 0. The van der Waals surface area contributed by atoms with Gasteiger partial charge in [0.15, 0.2) is 5.13 Å². The number of para-hydroxylation sites is 1. The maximum absolute atomic E-state index is 13.2. The van der Waals surface area contributed by atoms with E-state index in [0.29, 0.717) is 11.7 Å².